The van der Waals surface area contributed by atoms with Crippen LogP contribution in [-0.2, 0) is 10.0 Å². The Hall–Kier alpha value is -1.88. The van der Waals surface area contributed by atoms with Crippen LogP contribution in [0, 0.1) is 11.3 Å². The normalized spacial score (nSPS) is 10.8. The quantitative estimate of drug-likeness (QED) is 0.933. The lowest BCUT2D eigenvalue weighted by atomic mass is 10.2. The standard InChI is InChI=1S/C11H6Cl2N4O2S/c12-9-5-8(2-1-7(9)6-14)20(18,19)17-11-10(13)15-3-4-16-11/h1-5H,(H,16,17). The Morgan fingerprint density at radius 3 is 2.50 bits per heavy atom. The SMILES string of the molecule is N#Cc1ccc(S(=O)(=O)Nc2nccnc2Cl)cc1Cl. The molecular weight excluding hydrogens is 323 g/mol. The third kappa shape index (κ3) is 2.99. The molecule has 0 saturated heterocycles. The summed E-state index contributed by atoms with van der Waals surface area (Å²) >= 11 is 11.5. The van der Waals surface area contributed by atoms with E-state index in [9.17, 15) is 8.42 Å². The molecule has 6 nitrogen and oxygen atoms in total. The smallest absolute Gasteiger partial charge is 0.261 e. The Morgan fingerprint density at radius 2 is 1.90 bits per heavy atom. The van der Waals surface area contributed by atoms with Gasteiger partial charge in [-0.15, -0.1) is 0 Å². The van der Waals surface area contributed by atoms with Gasteiger partial charge in [0.2, 0.25) is 0 Å². The first-order chi connectivity index (χ1) is 9.44. The number of hydrogen-bond donors (Lipinski definition) is 1. The molecule has 1 N–H and O–H groups in total. The number of nitriles is 1. The van der Waals surface area contributed by atoms with Crippen LogP contribution in [0.15, 0.2) is 35.5 Å². The molecule has 0 fully saturated rings. The van der Waals surface area contributed by atoms with E-state index < -0.39 is 10.0 Å². The van der Waals surface area contributed by atoms with Crippen molar-refractivity contribution in [2.45, 2.75) is 4.90 Å². The second-order valence-corrected chi connectivity index (χ2v) is 6.00. The molecule has 0 aliphatic carbocycles. The van der Waals surface area contributed by atoms with E-state index in [4.69, 9.17) is 28.5 Å². The van der Waals surface area contributed by atoms with Gasteiger partial charge in [0.25, 0.3) is 10.0 Å². The third-order valence-electron chi connectivity index (χ3n) is 2.26. The zero-order chi connectivity index (χ0) is 14.8. The van der Waals surface area contributed by atoms with Crippen molar-refractivity contribution >= 4 is 39.0 Å². The largest absolute Gasteiger partial charge is 0.263 e. The van der Waals surface area contributed by atoms with Crippen LogP contribution in [0.4, 0.5) is 5.82 Å². The summed E-state index contributed by atoms with van der Waals surface area (Å²) in [7, 11) is -3.91. The summed E-state index contributed by atoms with van der Waals surface area (Å²) in [5, 5.41) is 8.72. The van der Waals surface area contributed by atoms with Crippen LogP contribution >= 0.6 is 23.2 Å². The van der Waals surface area contributed by atoms with Crippen LogP contribution in [0.3, 0.4) is 0 Å². The molecule has 2 aromatic rings. The number of nitrogens with one attached hydrogen (secondary N) is 1. The molecule has 0 amide bonds. The maximum atomic E-state index is 12.1. The van der Waals surface area contributed by atoms with Gasteiger partial charge in [-0.3, -0.25) is 4.72 Å². The van der Waals surface area contributed by atoms with Crippen molar-refractivity contribution in [3.63, 3.8) is 0 Å². The van der Waals surface area contributed by atoms with Crippen molar-refractivity contribution in [1.82, 2.24) is 9.97 Å². The minimum absolute atomic E-state index is 0.0422. The van der Waals surface area contributed by atoms with Crippen molar-refractivity contribution in [1.29, 1.82) is 5.26 Å². The number of rotatable bonds is 3. The van der Waals surface area contributed by atoms with Gasteiger partial charge in [-0.2, -0.15) is 5.26 Å². The van der Waals surface area contributed by atoms with Gasteiger partial charge >= 0.3 is 0 Å². The molecule has 0 atom stereocenters. The first-order valence-corrected chi connectivity index (χ1v) is 7.37. The minimum Gasteiger partial charge on any atom is -0.261 e. The van der Waals surface area contributed by atoms with Crippen LogP contribution in [-0.4, -0.2) is 18.4 Å². The van der Waals surface area contributed by atoms with Gasteiger partial charge in [-0.25, -0.2) is 18.4 Å². The molecule has 0 spiro atoms. The Labute approximate surface area is 125 Å². The van der Waals surface area contributed by atoms with E-state index >= 15 is 0 Å². The lowest BCUT2D eigenvalue weighted by Gasteiger charge is -2.08. The monoisotopic (exact) mass is 328 g/mol. The van der Waals surface area contributed by atoms with Crippen LogP contribution in [0.5, 0.6) is 0 Å². The zero-order valence-corrected chi connectivity index (χ0v) is 12.0. The van der Waals surface area contributed by atoms with Gasteiger partial charge in [0, 0.05) is 12.4 Å². The van der Waals surface area contributed by atoms with E-state index in [1.807, 2.05) is 6.07 Å². The van der Waals surface area contributed by atoms with Gasteiger partial charge in [0.1, 0.15) is 6.07 Å². The number of anilines is 1. The van der Waals surface area contributed by atoms with E-state index in [-0.39, 0.29) is 26.5 Å². The third-order valence-corrected chi connectivity index (χ3v) is 4.18. The Balaban J connectivity index is 2.39. The molecule has 0 saturated carbocycles. The first-order valence-electron chi connectivity index (χ1n) is 5.13. The number of hydrogen-bond acceptors (Lipinski definition) is 5. The lowest BCUT2D eigenvalue weighted by molar-refractivity contribution is 0.601. The molecule has 0 aliphatic heterocycles. The summed E-state index contributed by atoms with van der Waals surface area (Å²) in [6.07, 6.45) is 2.63. The molecule has 2 rings (SSSR count). The highest BCUT2D eigenvalue weighted by molar-refractivity contribution is 7.92. The second kappa shape index (κ2) is 5.63. The van der Waals surface area contributed by atoms with E-state index in [1.165, 1.54) is 30.6 Å². The van der Waals surface area contributed by atoms with Gasteiger partial charge in [0.05, 0.1) is 15.5 Å². The van der Waals surface area contributed by atoms with Gasteiger partial charge in [-0.1, -0.05) is 23.2 Å². The predicted molar refractivity (Wildman–Crippen MR) is 74.0 cm³/mol. The highest BCUT2D eigenvalue weighted by Gasteiger charge is 2.18. The van der Waals surface area contributed by atoms with Crippen LogP contribution in [0.25, 0.3) is 0 Å². The fourth-order valence-electron chi connectivity index (χ4n) is 1.33. The summed E-state index contributed by atoms with van der Waals surface area (Å²) in [5.74, 6) is -0.0883. The number of nitrogens with zero attached hydrogens (tertiary/aromatic N) is 3. The molecule has 20 heavy (non-hydrogen) atoms. The van der Waals surface area contributed by atoms with Crippen molar-refractivity contribution in [2.24, 2.45) is 0 Å². The molecule has 1 aromatic heterocycles. The van der Waals surface area contributed by atoms with Gasteiger partial charge in [0.15, 0.2) is 11.0 Å². The fourth-order valence-corrected chi connectivity index (χ4v) is 2.87. The number of aromatic nitrogens is 2. The Morgan fingerprint density at radius 1 is 1.20 bits per heavy atom. The Kier molecular flexibility index (Phi) is 4.09. The van der Waals surface area contributed by atoms with Crippen LogP contribution in [0.1, 0.15) is 5.56 Å². The molecule has 0 radical (unpaired) electrons. The van der Waals surface area contributed by atoms with Crippen LogP contribution in [0.2, 0.25) is 10.2 Å². The topological polar surface area (TPSA) is 95.7 Å². The van der Waals surface area contributed by atoms with E-state index in [0.29, 0.717) is 0 Å². The Bertz CT molecular complexity index is 802. The highest BCUT2D eigenvalue weighted by atomic mass is 35.5. The predicted octanol–water partition coefficient (Wildman–Crippen LogP) is 2.46. The van der Waals surface area contributed by atoms with Crippen LogP contribution < -0.4 is 4.72 Å². The van der Waals surface area contributed by atoms with Crippen molar-refractivity contribution in [3.05, 3.63) is 46.3 Å². The van der Waals surface area contributed by atoms with Gasteiger partial charge in [-0.05, 0) is 18.2 Å². The number of sulfonamides is 1. The molecule has 0 bridgehead atoms. The van der Waals surface area contributed by atoms with E-state index in [1.54, 1.807) is 0 Å². The zero-order valence-electron chi connectivity index (χ0n) is 9.71. The van der Waals surface area contributed by atoms with E-state index in [2.05, 4.69) is 14.7 Å². The molecule has 9 heteroatoms. The fraction of sp³-hybridized carbons (Fsp3) is 0. The average molecular weight is 329 g/mol. The molecule has 0 aliphatic rings. The van der Waals surface area contributed by atoms with Gasteiger partial charge < -0.3 is 0 Å². The molecule has 0 unspecified atom stereocenters. The second-order valence-electron chi connectivity index (χ2n) is 3.55. The summed E-state index contributed by atoms with van der Waals surface area (Å²) in [5.41, 5.74) is 0.183. The maximum absolute atomic E-state index is 12.1. The molecule has 1 aromatic carbocycles. The first kappa shape index (κ1) is 14.5. The highest BCUT2D eigenvalue weighted by Crippen LogP contribution is 2.23. The number of halogens is 2. The molecule has 102 valence electrons. The lowest BCUT2D eigenvalue weighted by Crippen LogP contribution is -2.14. The summed E-state index contributed by atoms with van der Waals surface area (Å²) in [6, 6.07) is 5.59. The summed E-state index contributed by atoms with van der Waals surface area (Å²) < 4.78 is 26.4. The summed E-state index contributed by atoms with van der Waals surface area (Å²) in [4.78, 5) is 7.38. The average Bonchev–Trinajstić information content (AvgIpc) is 2.41. The van der Waals surface area contributed by atoms with Crippen molar-refractivity contribution < 1.29 is 8.42 Å². The maximum Gasteiger partial charge on any atom is 0.263 e. The molecular formula is C11H6Cl2N4O2S. The summed E-state index contributed by atoms with van der Waals surface area (Å²) in [6.45, 7) is 0. The number of benzene rings is 1. The van der Waals surface area contributed by atoms with E-state index in [0.717, 1.165) is 0 Å². The minimum atomic E-state index is -3.91. The van der Waals surface area contributed by atoms with Crippen molar-refractivity contribution in [2.75, 3.05) is 4.72 Å². The molecule has 1 heterocycles. The van der Waals surface area contributed by atoms with Crippen molar-refractivity contribution in [3.8, 4) is 6.07 Å².